The van der Waals surface area contributed by atoms with E-state index in [1.807, 2.05) is 0 Å². The van der Waals surface area contributed by atoms with Crippen molar-refractivity contribution in [3.8, 4) is 0 Å². The summed E-state index contributed by atoms with van der Waals surface area (Å²) < 4.78 is 0. The summed E-state index contributed by atoms with van der Waals surface area (Å²) in [5.74, 6) is 4.66. The molecule has 0 N–H and O–H groups in total. The normalized spacial score (nSPS) is 14.2. The van der Waals surface area contributed by atoms with Crippen molar-refractivity contribution in [1.82, 2.24) is 0 Å². The van der Waals surface area contributed by atoms with E-state index in [9.17, 15) is 0 Å². The van der Waals surface area contributed by atoms with Crippen LogP contribution in [-0.4, -0.2) is 0 Å². The summed E-state index contributed by atoms with van der Waals surface area (Å²) in [5.41, 5.74) is 0. The third kappa shape index (κ3) is 8.34. The van der Waals surface area contributed by atoms with Crippen LogP contribution in [0.4, 0.5) is 0 Å². The Hall–Kier alpha value is 0.340. The summed E-state index contributed by atoms with van der Waals surface area (Å²) in [6, 6.07) is 0. The van der Waals surface area contributed by atoms with Crippen molar-refractivity contribution in [2.75, 3.05) is 0 Å². The average molecular weight is 175 g/mol. The second kappa shape index (κ2) is 9.34. The molecule has 0 aliphatic rings. The lowest BCUT2D eigenvalue weighted by molar-refractivity contribution is 1.23. The molecule has 0 heterocycles. The Morgan fingerprint density at radius 1 is 1.20 bits per heavy atom. The molecule has 2 unspecified atom stereocenters. The Labute approximate surface area is 67.6 Å². The fraction of sp³-hybridized carbons (Fsp3) is 0.500. The van der Waals surface area contributed by atoms with Gasteiger partial charge in [-0.25, -0.2) is 0 Å². The lowest BCUT2D eigenvalue weighted by Crippen LogP contribution is -1.46. The van der Waals surface area contributed by atoms with Crippen LogP contribution in [0.15, 0.2) is 23.8 Å². The molecule has 0 nitrogen and oxygen atoms in total. The molecule has 0 spiro atoms. The second-order valence-corrected chi connectivity index (χ2v) is 5.37. The highest BCUT2D eigenvalue weighted by Crippen LogP contribution is 2.38. The summed E-state index contributed by atoms with van der Waals surface area (Å²) in [7, 11) is 1.64. The first kappa shape index (κ1) is 10.3. The Balaban J connectivity index is 3.04. The van der Waals surface area contributed by atoms with Crippen molar-refractivity contribution in [2.24, 2.45) is 0 Å². The van der Waals surface area contributed by atoms with Gasteiger partial charge < -0.3 is 0 Å². The standard InChI is InChI=1S/C8H16P2/c1-3-5-7-9-10-8-6-4-2/h5-10H,3-4H2,1-2H3/p+1/b7-5+,8-6+. The SMILES string of the molecule is CC/C=C/P[PH2+]/C=C/CC. The van der Waals surface area contributed by atoms with Gasteiger partial charge in [-0.3, -0.25) is 0 Å². The minimum atomic E-state index is 0.575. The van der Waals surface area contributed by atoms with Crippen molar-refractivity contribution in [3.05, 3.63) is 23.8 Å². The summed E-state index contributed by atoms with van der Waals surface area (Å²) >= 11 is 0. The molecule has 2 atom stereocenters. The molecule has 0 bridgehead atoms. The fourth-order valence-electron chi connectivity index (χ4n) is 0.501. The van der Waals surface area contributed by atoms with Gasteiger partial charge in [0.15, 0.2) is 0 Å². The molecule has 0 aliphatic carbocycles. The van der Waals surface area contributed by atoms with E-state index in [1.165, 1.54) is 12.8 Å². The van der Waals surface area contributed by atoms with Gasteiger partial charge >= 0.3 is 0 Å². The molecule has 0 aromatic carbocycles. The first-order valence-electron chi connectivity index (χ1n) is 3.81. The van der Waals surface area contributed by atoms with Gasteiger partial charge in [0, 0.05) is 8.27 Å². The van der Waals surface area contributed by atoms with Crippen molar-refractivity contribution in [2.45, 2.75) is 26.7 Å². The molecule has 0 aromatic heterocycles. The van der Waals surface area contributed by atoms with Gasteiger partial charge in [0.05, 0.1) is 14.1 Å². The highest BCUT2D eigenvalue weighted by Gasteiger charge is 1.81. The van der Waals surface area contributed by atoms with E-state index in [-0.39, 0.29) is 0 Å². The molecule has 0 saturated heterocycles. The van der Waals surface area contributed by atoms with E-state index in [4.69, 9.17) is 0 Å². The fourth-order valence-corrected chi connectivity index (χ4v) is 2.99. The summed E-state index contributed by atoms with van der Waals surface area (Å²) in [5, 5.41) is 0. The Morgan fingerprint density at radius 2 is 1.90 bits per heavy atom. The van der Waals surface area contributed by atoms with Crippen LogP contribution in [0.5, 0.6) is 0 Å². The predicted octanol–water partition coefficient (Wildman–Crippen LogP) is 3.84. The van der Waals surface area contributed by atoms with E-state index >= 15 is 0 Å². The van der Waals surface area contributed by atoms with Gasteiger partial charge in [-0.1, -0.05) is 26.0 Å². The summed E-state index contributed by atoms with van der Waals surface area (Å²) in [4.78, 5) is 0. The van der Waals surface area contributed by atoms with Crippen LogP contribution >= 0.6 is 16.5 Å². The molecule has 10 heavy (non-hydrogen) atoms. The minimum absolute atomic E-state index is 0.575. The van der Waals surface area contributed by atoms with Crippen LogP contribution in [0, 0.1) is 0 Å². The van der Waals surface area contributed by atoms with Gasteiger partial charge in [0.1, 0.15) is 0 Å². The van der Waals surface area contributed by atoms with Crippen LogP contribution in [0.3, 0.4) is 0 Å². The molecule has 0 aliphatic heterocycles. The number of hydrogen-bond donors (Lipinski definition) is 0. The van der Waals surface area contributed by atoms with Crippen LogP contribution < -0.4 is 0 Å². The molecule has 2 heteroatoms. The Kier molecular flexibility index (Phi) is 9.66. The highest BCUT2D eigenvalue weighted by molar-refractivity contribution is 8.14. The van der Waals surface area contributed by atoms with Crippen molar-refractivity contribution in [1.29, 1.82) is 0 Å². The first-order chi connectivity index (χ1) is 4.91. The first-order valence-corrected chi connectivity index (χ1v) is 7.36. The van der Waals surface area contributed by atoms with Gasteiger partial charge in [0.2, 0.25) is 0 Å². The smallest absolute Gasteiger partial charge is 0.0648 e. The van der Waals surface area contributed by atoms with Crippen molar-refractivity contribution in [3.63, 3.8) is 0 Å². The maximum Gasteiger partial charge on any atom is 0.0648 e. The monoisotopic (exact) mass is 175 g/mol. The van der Waals surface area contributed by atoms with E-state index in [1.54, 1.807) is 0 Å². The molecule has 0 rings (SSSR count). The molecule has 0 saturated carbocycles. The third-order valence-corrected chi connectivity index (χ3v) is 3.83. The van der Waals surface area contributed by atoms with E-state index < -0.39 is 0 Å². The molecule has 58 valence electrons. The quantitative estimate of drug-likeness (QED) is 0.440. The van der Waals surface area contributed by atoms with Crippen molar-refractivity contribution >= 4 is 16.5 Å². The second-order valence-electron chi connectivity index (χ2n) is 1.98. The van der Waals surface area contributed by atoms with Gasteiger partial charge in [-0.05, 0) is 18.7 Å². The Morgan fingerprint density at radius 3 is 2.50 bits per heavy atom. The Bertz CT molecular complexity index is 91.8. The number of rotatable bonds is 5. The van der Waals surface area contributed by atoms with Gasteiger partial charge in [-0.2, -0.15) is 0 Å². The largest absolute Gasteiger partial charge is 0.0811 e. The zero-order valence-electron chi connectivity index (χ0n) is 6.80. The van der Waals surface area contributed by atoms with E-state index in [0.717, 1.165) is 8.27 Å². The summed E-state index contributed by atoms with van der Waals surface area (Å²) in [6.45, 7) is 4.36. The van der Waals surface area contributed by atoms with Crippen LogP contribution in [0.25, 0.3) is 0 Å². The summed E-state index contributed by atoms with van der Waals surface area (Å²) in [6.07, 6.45) is 6.90. The van der Waals surface area contributed by atoms with Gasteiger partial charge in [0.25, 0.3) is 0 Å². The lowest BCUT2D eigenvalue weighted by Gasteiger charge is -1.78. The molecule has 0 amide bonds. The zero-order chi connectivity index (χ0) is 7.66. The maximum absolute atomic E-state index is 2.35. The van der Waals surface area contributed by atoms with Crippen LogP contribution in [0.2, 0.25) is 0 Å². The average Bonchev–Trinajstić information content (AvgIpc) is 1.97. The minimum Gasteiger partial charge on any atom is -0.0811 e. The topological polar surface area (TPSA) is 0 Å². The lowest BCUT2D eigenvalue weighted by atomic mass is 10.5. The maximum atomic E-state index is 2.35. The number of allylic oxidation sites excluding steroid dienone is 2. The number of hydrogen-bond acceptors (Lipinski definition) is 0. The zero-order valence-corrected chi connectivity index (χ0v) is 8.96. The van der Waals surface area contributed by atoms with Crippen LogP contribution in [-0.2, 0) is 0 Å². The van der Waals surface area contributed by atoms with Gasteiger partial charge in [-0.15, -0.1) is 0 Å². The predicted molar refractivity (Wildman–Crippen MR) is 56.9 cm³/mol. The molecule has 0 radical (unpaired) electrons. The molecule has 0 fully saturated rings. The van der Waals surface area contributed by atoms with E-state index in [0.29, 0.717) is 8.27 Å². The molecular formula is C8H17P2+. The third-order valence-electron chi connectivity index (χ3n) is 1.01. The van der Waals surface area contributed by atoms with Crippen molar-refractivity contribution < 1.29 is 0 Å². The van der Waals surface area contributed by atoms with Crippen LogP contribution in [0.1, 0.15) is 26.7 Å². The van der Waals surface area contributed by atoms with E-state index in [2.05, 4.69) is 37.6 Å². The molecule has 0 aromatic rings. The highest BCUT2D eigenvalue weighted by atomic mass is 32.0. The molecular weight excluding hydrogens is 158 g/mol.